The highest BCUT2D eigenvalue weighted by molar-refractivity contribution is 14.0. The zero-order valence-corrected chi connectivity index (χ0v) is 16.8. The quantitative estimate of drug-likeness (QED) is 0.399. The first-order valence-electron chi connectivity index (χ1n) is 6.96. The van der Waals surface area contributed by atoms with E-state index in [1.54, 1.807) is 18.3 Å². The lowest BCUT2D eigenvalue weighted by molar-refractivity contribution is 0.671. The molecule has 1 aromatic carbocycles. The molecule has 0 aliphatic heterocycles. The fourth-order valence-electron chi connectivity index (χ4n) is 2.12. The first-order chi connectivity index (χ1) is 10.5. The lowest BCUT2D eigenvalue weighted by Crippen LogP contribution is -2.34. The number of nitrogens with one attached hydrogen (secondary N) is 1. The van der Waals surface area contributed by atoms with Crippen molar-refractivity contribution >= 4 is 53.1 Å². The second-order valence-electron chi connectivity index (χ2n) is 4.97. The Hall–Kier alpha value is -0.990. The molecular formula is C15H20Cl2IN5. The molecule has 0 aliphatic carbocycles. The number of imidazole rings is 1. The van der Waals surface area contributed by atoms with Gasteiger partial charge in [0, 0.05) is 29.0 Å². The van der Waals surface area contributed by atoms with Gasteiger partial charge >= 0.3 is 0 Å². The topological polar surface area (TPSA) is 68.2 Å². The molecule has 0 aliphatic rings. The van der Waals surface area contributed by atoms with Crippen molar-refractivity contribution in [3.8, 4) is 0 Å². The number of aromatic nitrogens is 2. The van der Waals surface area contributed by atoms with Gasteiger partial charge in [-0.2, -0.15) is 0 Å². The molecule has 126 valence electrons. The molecule has 1 unspecified atom stereocenters. The van der Waals surface area contributed by atoms with E-state index in [4.69, 9.17) is 28.9 Å². The van der Waals surface area contributed by atoms with Crippen molar-refractivity contribution in [2.75, 3.05) is 6.54 Å². The summed E-state index contributed by atoms with van der Waals surface area (Å²) in [6.07, 6.45) is 3.69. The summed E-state index contributed by atoms with van der Waals surface area (Å²) < 4.78 is 2.02. The van der Waals surface area contributed by atoms with Gasteiger partial charge in [-0.25, -0.2) is 4.98 Å². The van der Waals surface area contributed by atoms with Gasteiger partial charge in [-0.3, -0.25) is 4.99 Å². The molecule has 0 fully saturated rings. The smallest absolute Gasteiger partial charge is 0.189 e. The van der Waals surface area contributed by atoms with E-state index in [-0.39, 0.29) is 30.0 Å². The number of hydrogen-bond acceptors (Lipinski definition) is 2. The average Bonchev–Trinajstić information content (AvgIpc) is 2.84. The molecule has 0 radical (unpaired) electrons. The Balaban J connectivity index is 0.00000264. The van der Waals surface area contributed by atoms with Crippen LogP contribution in [-0.4, -0.2) is 22.1 Å². The second kappa shape index (κ2) is 9.34. The van der Waals surface area contributed by atoms with Crippen LogP contribution in [0.4, 0.5) is 0 Å². The fraction of sp³-hybridized carbons (Fsp3) is 0.333. The number of rotatable bonds is 5. The van der Waals surface area contributed by atoms with Crippen molar-refractivity contribution in [1.82, 2.24) is 14.9 Å². The first-order valence-corrected chi connectivity index (χ1v) is 7.72. The molecule has 0 amide bonds. The van der Waals surface area contributed by atoms with Crippen LogP contribution < -0.4 is 11.1 Å². The summed E-state index contributed by atoms with van der Waals surface area (Å²) in [4.78, 5) is 8.48. The van der Waals surface area contributed by atoms with Gasteiger partial charge in [-0.05, 0) is 31.5 Å². The summed E-state index contributed by atoms with van der Waals surface area (Å²) in [7, 11) is 0. The number of nitrogens with two attached hydrogens (primary N) is 1. The predicted molar refractivity (Wildman–Crippen MR) is 107 cm³/mol. The third-order valence-electron chi connectivity index (χ3n) is 3.34. The van der Waals surface area contributed by atoms with E-state index in [1.165, 1.54) is 0 Å². The third kappa shape index (κ3) is 5.86. The monoisotopic (exact) mass is 467 g/mol. The Bertz CT molecular complexity index is 672. The van der Waals surface area contributed by atoms with Gasteiger partial charge in [0.2, 0.25) is 0 Å². The van der Waals surface area contributed by atoms with E-state index in [9.17, 15) is 0 Å². The van der Waals surface area contributed by atoms with E-state index in [0.717, 1.165) is 17.9 Å². The maximum Gasteiger partial charge on any atom is 0.189 e. The highest BCUT2D eigenvalue weighted by atomic mass is 127. The van der Waals surface area contributed by atoms with Gasteiger partial charge in [0.25, 0.3) is 0 Å². The lowest BCUT2D eigenvalue weighted by atomic mass is 10.1. The van der Waals surface area contributed by atoms with Crippen molar-refractivity contribution in [2.24, 2.45) is 10.7 Å². The molecule has 8 heteroatoms. The number of benzene rings is 1. The van der Waals surface area contributed by atoms with Crippen LogP contribution in [0.15, 0.2) is 35.6 Å². The lowest BCUT2D eigenvalue weighted by Gasteiger charge is -2.16. The largest absolute Gasteiger partial charge is 0.370 e. The van der Waals surface area contributed by atoms with Crippen molar-refractivity contribution < 1.29 is 0 Å². The van der Waals surface area contributed by atoms with Crippen molar-refractivity contribution in [1.29, 1.82) is 0 Å². The molecule has 0 saturated heterocycles. The van der Waals surface area contributed by atoms with Crippen LogP contribution in [0.1, 0.15) is 24.4 Å². The van der Waals surface area contributed by atoms with Crippen molar-refractivity contribution in [2.45, 2.75) is 26.4 Å². The van der Waals surface area contributed by atoms with Gasteiger partial charge in [0.15, 0.2) is 5.96 Å². The summed E-state index contributed by atoms with van der Waals surface area (Å²) >= 11 is 12.1. The van der Waals surface area contributed by atoms with Crippen LogP contribution in [0.2, 0.25) is 10.0 Å². The van der Waals surface area contributed by atoms with E-state index in [1.807, 2.05) is 30.7 Å². The molecule has 3 N–H and O–H groups in total. The summed E-state index contributed by atoms with van der Waals surface area (Å²) in [6.45, 7) is 5.24. The highest BCUT2D eigenvalue weighted by Gasteiger charge is 2.10. The molecule has 1 aromatic heterocycles. The number of nitrogens with zero attached hydrogens (tertiary/aromatic N) is 3. The summed E-state index contributed by atoms with van der Waals surface area (Å²) in [6, 6.07) is 5.34. The Labute approximate surface area is 163 Å². The van der Waals surface area contributed by atoms with E-state index >= 15 is 0 Å². The first kappa shape index (κ1) is 20.1. The van der Waals surface area contributed by atoms with Gasteiger partial charge in [0.1, 0.15) is 5.82 Å². The van der Waals surface area contributed by atoms with Crippen molar-refractivity contribution in [3.63, 3.8) is 0 Å². The predicted octanol–water partition coefficient (Wildman–Crippen LogP) is 3.78. The number of hydrogen-bond donors (Lipinski definition) is 2. The highest BCUT2D eigenvalue weighted by Crippen LogP contribution is 2.25. The van der Waals surface area contributed by atoms with Crippen molar-refractivity contribution in [3.05, 3.63) is 52.0 Å². The number of halogens is 3. The number of guanidine groups is 1. The minimum Gasteiger partial charge on any atom is -0.370 e. The molecule has 2 rings (SSSR count). The van der Waals surface area contributed by atoms with Gasteiger partial charge in [-0.15, -0.1) is 24.0 Å². The molecule has 5 nitrogen and oxygen atoms in total. The Morgan fingerprint density at radius 2 is 2.17 bits per heavy atom. The summed E-state index contributed by atoms with van der Waals surface area (Å²) in [5.41, 5.74) is 6.84. The maximum atomic E-state index is 6.18. The summed E-state index contributed by atoms with van der Waals surface area (Å²) in [5.74, 6) is 1.35. The van der Waals surface area contributed by atoms with Crippen LogP contribution >= 0.6 is 47.2 Å². The molecule has 0 saturated carbocycles. The number of aliphatic imine (C=N–C) groups is 1. The molecule has 1 atom stereocenters. The third-order valence-corrected chi connectivity index (χ3v) is 3.90. The second-order valence-corrected chi connectivity index (χ2v) is 5.81. The van der Waals surface area contributed by atoms with Crippen LogP contribution in [0.25, 0.3) is 0 Å². The SMILES string of the molecule is Cc1nccn1CCN=C(N)NC(C)c1ccc(Cl)cc1Cl.I. The zero-order chi connectivity index (χ0) is 16.1. The van der Waals surface area contributed by atoms with Crippen LogP contribution in [-0.2, 0) is 6.54 Å². The number of aryl methyl sites for hydroxylation is 1. The normalized spacial score (nSPS) is 12.6. The van der Waals surface area contributed by atoms with E-state index in [0.29, 0.717) is 22.5 Å². The average molecular weight is 468 g/mol. The molecule has 0 spiro atoms. The molecule has 23 heavy (non-hydrogen) atoms. The van der Waals surface area contributed by atoms with Crippen LogP contribution in [0.3, 0.4) is 0 Å². The standard InChI is InChI=1S/C15H19Cl2N5.HI/c1-10(13-4-3-12(16)9-14(13)17)21-15(18)20-6-8-22-7-5-19-11(22)2;/h3-5,7,9-10H,6,8H2,1-2H3,(H3,18,20,21);1H. The van der Waals surface area contributed by atoms with Crippen LogP contribution in [0, 0.1) is 6.92 Å². The van der Waals surface area contributed by atoms with Gasteiger partial charge < -0.3 is 15.6 Å². The minimum absolute atomic E-state index is 0. The molecule has 0 bridgehead atoms. The van der Waals surface area contributed by atoms with Gasteiger partial charge in [0.05, 0.1) is 12.6 Å². The molecule has 1 heterocycles. The Morgan fingerprint density at radius 1 is 1.43 bits per heavy atom. The molecule has 2 aromatic rings. The summed E-state index contributed by atoms with van der Waals surface area (Å²) in [5, 5.41) is 4.34. The van der Waals surface area contributed by atoms with Gasteiger partial charge in [-0.1, -0.05) is 29.3 Å². The Morgan fingerprint density at radius 3 is 2.78 bits per heavy atom. The molecular weight excluding hydrogens is 448 g/mol. The maximum absolute atomic E-state index is 6.18. The fourth-order valence-corrected chi connectivity index (χ4v) is 2.69. The minimum atomic E-state index is -0.0523. The van der Waals surface area contributed by atoms with E-state index in [2.05, 4.69) is 15.3 Å². The van der Waals surface area contributed by atoms with Crippen LogP contribution in [0.5, 0.6) is 0 Å². The Kier molecular flexibility index (Phi) is 8.15. The zero-order valence-electron chi connectivity index (χ0n) is 13.0. The van der Waals surface area contributed by atoms with E-state index < -0.39 is 0 Å².